The summed E-state index contributed by atoms with van der Waals surface area (Å²) in [5.74, 6) is -0.00919. The number of hydrogen-bond acceptors (Lipinski definition) is 3. The molecule has 0 saturated heterocycles. The highest BCUT2D eigenvalue weighted by molar-refractivity contribution is 7.12. The average Bonchev–Trinajstić information content (AvgIpc) is 2.91. The van der Waals surface area contributed by atoms with Gasteiger partial charge in [0.1, 0.15) is 0 Å². The van der Waals surface area contributed by atoms with Crippen molar-refractivity contribution in [3.8, 4) is 0 Å². The highest BCUT2D eigenvalue weighted by Gasteiger charge is 2.09. The standard InChI is InChI=1S/C16H19ClN2OS/c1-11-3-8-15(21-11)12(2)18-10-16(20)19-9-13-4-6-14(17)7-5-13/h3-8,12,18H,9-10H2,1-2H3,(H,19,20). The van der Waals surface area contributed by atoms with E-state index in [2.05, 4.69) is 36.6 Å². The van der Waals surface area contributed by atoms with Crippen molar-refractivity contribution >= 4 is 28.8 Å². The zero-order valence-corrected chi connectivity index (χ0v) is 13.7. The molecule has 0 fully saturated rings. The predicted molar refractivity (Wildman–Crippen MR) is 88.8 cm³/mol. The van der Waals surface area contributed by atoms with Crippen LogP contribution in [0.5, 0.6) is 0 Å². The zero-order valence-electron chi connectivity index (χ0n) is 12.2. The molecule has 0 aliphatic rings. The first-order chi connectivity index (χ1) is 10.0. The number of hydrogen-bond donors (Lipinski definition) is 2. The number of halogens is 1. The SMILES string of the molecule is Cc1ccc(C(C)NCC(=O)NCc2ccc(Cl)cc2)s1. The summed E-state index contributed by atoms with van der Waals surface area (Å²) in [6.45, 7) is 4.98. The Bertz CT molecular complexity index is 595. The quantitative estimate of drug-likeness (QED) is 0.852. The number of thiophene rings is 1. The lowest BCUT2D eigenvalue weighted by atomic mass is 10.2. The van der Waals surface area contributed by atoms with Crippen LogP contribution in [-0.4, -0.2) is 12.5 Å². The third-order valence-corrected chi connectivity index (χ3v) is 4.60. The molecule has 2 rings (SSSR count). The molecule has 5 heteroatoms. The van der Waals surface area contributed by atoms with E-state index in [1.54, 1.807) is 11.3 Å². The molecule has 2 aromatic rings. The predicted octanol–water partition coefficient (Wildman–Crippen LogP) is 3.68. The molecule has 1 amide bonds. The Morgan fingerprint density at radius 3 is 2.57 bits per heavy atom. The first-order valence-electron chi connectivity index (χ1n) is 6.85. The smallest absolute Gasteiger partial charge is 0.234 e. The minimum absolute atomic E-state index is 0.00919. The Morgan fingerprint density at radius 2 is 1.95 bits per heavy atom. The molecule has 21 heavy (non-hydrogen) atoms. The number of carbonyl (C=O) groups is 1. The van der Waals surface area contributed by atoms with Crippen molar-refractivity contribution in [2.75, 3.05) is 6.54 Å². The van der Waals surface area contributed by atoms with Gasteiger partial charge in [-0.15, -0.1) is 11.3 Å². The molecule has 112 valence electrons. The van der Waals surface area contributed by atoms with Crippen molar-refractivity contribution < 1.29 is 4.79 Å². The third kappa shape index (κ3) is 5.16. The lowest BCUT2D eigenvalue weighted by Gasteiger charge is -2.12. The maximum absolute atomic E-state index is 11.8. The van der Waals surface area contributed by atoms with Crippen LogP contribution in [0.25, 0.3) is 0 Å². The van der Waals surface area contributed by atoms with Gasteiger partial charge in [-0.3, -0.25) is 4.79 Å². The van der Waals surface area contributed by atoms with E-state index in [1.165, 1.54) is 9.75 Å². The zero-order chi connectivity index (χ0) is 15.2. The molecule has 1 aromatic heterocycles. The van der Waals surface area contributed by atoms with E-state index in [0.29, 0.717) is 18.1 Å². The monoisotopic (exact) mass is 322 g/mol. The van der Waals surface area contributed by atoms with Gasteiger partial charge in [-0.2, -0.15) is 0 Å². The van der Waals surface area contributed by atoms with Gasteiger partial charge in [0.2, 0.25) is 5.91 Å². The molecule has 1 atom stereocenters. The van der Waals surface area contributed by atoms with E-state index >= 15 is 0 Å². The van der Waals surface area contributed by atoms with Crippen molar-refractivity contribution in [3.63, 3.8) is 0 Å². The van der Waals surface area contributed by atoms with Gasteiger partial charge in [0.05, 0.1) is 6.54 Å². The molecule has 1 heterocycles. The minimum Gasteiger partial charge on any atom is -0.351 e. The second kappa shape index (κ2) is 7.59. The van der Waals surface area contributed by atoms with Crippen LogP contribution in [0.15, 0.2) is 36.4 Å². The Balaban J connectivity index is 1.73. The van der Waals surface area contributed by atoms with Crippen LogP contribution in [0.4, 0.5) is 0 Å². The summed E-state index contributed by atoms with van der Waals surface area (Å²) in [5, 5.41) is 6.82. The second-order valence-electron chi connectivity index (χ2n) is 4.95. The maximum Gasteiger partial charge on any atom is 0.234 e. The van der Waals surface area contributed by atoms with E-state index < -0.39 is 0 Å². The summed E-state index contributed by atoms with van der Waals surface area (Å²) in [7, 11) is 0. The summed E-state index contributed by atoms with van der Waals surface area (Å²) in [4.78, 5) is 14.4. The minimum atomic E-state index is -0.00919. The van der Waals surface area contributed by atoms with Crippen LogP contribution in [0.2, 0.25) is 5.02 Å². The van der Waals surface area contributed by atoms with Gasteiger partial charge in [-0.1, -0.05) is 23.7 Å². The molecular formula is C16H19ClN2OS. The van der Waals surface area contributed by atoms with Gasteiger partial charge in [0, 0.05) is 27.4 Å². The number of nitrogens with one attached hydrogen (secondary N) is 2. The molecule has 1 unspecified atom stereocenters. The Kier molecular flexibility index (Phi) is 5.79. The number of aryl methyl sites for hydroxylation is 1. The molecule has 1 aromatic carbocycles. The van der Waals surface area contributed by atoms with Crippen LogP contribution in [0.3, 0.4) is 0 Å². The highest BCUT2D eigenvalue weighted by Crippen LogP contribution is 2.21. The van der Waals surface area contributed by atoms with Crippen molar-refractivity contribution in [2.24, 2.45) is 0 Å². The van der Waals surface area contributed by atoms with Gasteiger partial charge in [0.15, 0.2) is 0 Å². The summed E-state index contributed by atoms with van der Waals surface area (Å²) < 4.78 is 0. The lowest BCUT2D eigenvalue weighted by molar-refractivity contribution is -0.120. The Labute approximate surface area is 134 Å². The topological polar surface area (TPSA) is 41.1 Å². The molecule has 3 nitrogen and oxygen atoms in total. The lowest BCUT2D eigenvalue weighted by Crippen LogP contribution is -2.34. The first-order valence-corrected chi connectivity index (χ1v) is 8.05. The molecule has 0 aliphatic carbocycles. The van der Waals surface area contributed by atoms with Crippen LogP contribution in [0.1, 0.15) is 28.3 Å². The van der Waals surface area contributed by atoms with E-state index in [1.807, 2.05) is 24.3 Å². The van der Waals surface area contributed by atoms with Gasteiger partial charge in [-0.05, 0) is 43.7 Å². The fourth-order valence-electron chi connectivity index (χ4n) is 1.90. The van der Waals surface area contributed by atoms with Crippen LogP contribution in [0, 0.1) is 6.92 Å². The van der Waals surface area contributed by atoms with E-state index in [-0.39, 0.29) is 11.9 Å². The normalized spacial score (nSPS) is 12.1. The van der Waals surface area contributed by atoms with Gasteiger partial charge in [-0.25, -0.2) is 0 Å². The summed E-state index contributed by atoms with van der Waals surface area (Å²) in [6.07, 6.45) is 0. The number of carbonyl (C=O) groups excluding carboxylic acids is 1. The van der Waals surface area contributed by atoms with E-state index in [0.717, 1.165) is 5.56 Å². The second-order valence-corrected chi connectivity index (χ2v) is 6.71. The average molecular weight is 323 g/mol. The Hall–Kier alpha value is -1.36. The molecule has 0 bridgehead atoms. The summed E-state index contributed by atoms with van der Waals surface area (Å²) >= 11 is 7.57. The van der Waals surface area contributed by atoms with Gasteiger partial charge >= 0.3 is 0 Å². The van der Waals surface area contributed by atoms with Crippen molar-refractivity contribution in [3.05, 3.63) is 56.7 Å². The van der Waals surface area contributed by atoms with Crippen LogP contribution < -0.4 is 10.6 Å². The van der Waals surface area contributed by atoms with Crippen molar-refractivity contribution in [1.29, 1.82) is 0 Å². The van der Waals surface area contributed by atoms with Crippen LogP contribution >= 0.6 is 22.9 Å². The third-order valence-electron chi connectivity index (χ3n) is 3.16. The number of rotatable bonds is 6. The maximum atomic E-state index is 11.8. The molecule has 0 aliphatic heterocycles. The Morgan fingerprint density at radius 1 is 1.24 bits per heavy atom. The molecule has 2 N–H and O–H groups in total. The molecule has 0 spiro atoms. The highest BCUT2D eigenvalue weighted by atomic mass is 35.5. The molecular weight excluding hydrogens is 304 g/mol. The largest absolute Gasteiger partial charge is 0.351 e. The number of amides is 1. The first kappa shape index (κ1) is 16.0. The van der Waals surface area contributed by atoms with Gasteiger partial charge in [0.25, 0.3) is 0 Å². The van der Waals surface area contributed by atoms with Crippen molar-refractivity contribution in [1.82, 2.24) is 10.6 Å². The van der Waals surface area contributed by atoms with Crippen molar-refractivity contribution in [2.45, 2.75) is 26.4 Å². The van der Waals surface area contributed by atoms with E-state index in [9.17, 15) is 4.79 Å². The van der Waals surface area contributed by atoms with Crippen LogP contribution in [-0.2, 0) is 11.3 Å². The number of benzene rings is 1. The molecule has 0 saturated carbocycles. The van der Waals surface area contributed by atoms with E-state index in [4.69, 9.17) is 11.6 Å². The fraction of sp³-hybridized carbons (Fsp3) is 0.312. The summed E-state index contributed by atoms with van der Waals surface area (Å²) in [6, 6.07) is 11.8. The summed E-state index contributed by atoms with van der Waals surface area (Å²) in [5.41, 5.74) is 1.04. The molecule has 0 radical (unpaired) electrons. The fourth-order valence-corrected chi connectivity index (χ4v) is 2.93. The van der Waals surface area contributed by atoms with Gasteiger partial charge < -0.3 is 10.6 Å².